The maximum atomic E-state index is 10.9. The van der Waals surface area contributed by atoms with E-state index in [1.165, 1.54) is 24.8 Å². The summed E-state index contributed by atoms with van der Waals surface area (Å²) in [4.78, 5) is 2.49. The molecule has 19 heavy (non-hydrogen) atoms. The van der Waals surface area contributed by atoms with Gasteiger partial charge in [-0.25, -0.2) is 0 Å². The molecule has 1 heterocycles. The Morgan fingerprint density at radius 3 is 2.53 bits per heavy atom. The lowest BCUT2D eigenvalue weighted by Gasteiger charge is -2.46. The van der Waals surface area contributed by atoms with Crippen LogP contribution < -0.4 is 0 Å². The van der Waals surface area contributed by atoms with Gasteiger partial charge in [0.25, 0.3) is 0 Å². The van der Waals surface area contributed by atoms with Gasteiger partial charge in [0.15, 0.2) is 0 Å². The second-order valence-electron chi connectivity index (χ2n) is 6.08. The summed E-state index contributed by atoms with van der Waals surface area (Å²) >= 11 is 0. The molecule has 2 nitrogen and oxygen atoms in total. The zero-order chi connectivity index (χ0) is 13.9. The summed E-state index contributed by atoms with van der Waals surface area (Å²) in [5, 5.41) is 10.9. The van der Waals surface area contributed by atoms with Crippen LogP contribution in [-0.4, -0.2) is 28.6 Å². The van der Waals surface area contributed by atoms with Crippen LogP contribution in [0.5, 0.6) is 0 Å². The van der Waals surface area contributed by atoms with Gasteiger partial charge in [-0.15, -0.1) is 0 Å². The lowest BCUT2D eigenvalue weighted by molar-refractivity contribution is -0.0352. The Labute approximate surface area is 117 Å². The molecule has 0 aromatic heterocycles. The van der Waals surface area contributed by atoms with Crippen LogP contribution in [0.15, 0.2) is 24.3 Å². The van der Waals surface area contributed by atoms with Gasteiger partial charge < -0.3 is 5.11 Å². The lowest BCUT2D eigenvalue weighted by Crippen LogP contribution is -2.52. The topological polar surface area (TPSA) is 23.5 Å². The Morgan fingerprint density at radius 1 is 1.26 bits per heavy atom. The third-order valence-electron chi connectivity index (χ3n) is 4.74. The normalized spacial score (nSPS) is 21.9. The van der Waals surface area contributed by atoms with E-state index >= 15 is 0 Å². The molecule has 1 aliphatic rings. The average molecular weight is 261 g/mol. The van der Waals surface area contributed by atoms with Gasteiger partial charge in [-0.3, -0.25) is 4.90 Å². The number of piperidine rings is 1. The summed E-state index contributed by atoms with van der Waals surface area (Å²) in [5.74, 6) is 0. The number of hydrogen-bond donors (Lipinski definition) is 1. The molecular formula is C17H27NO. The fraction of sp³-hybridized carbons (Fsp3) is 0.647. The highest BCUT2D eigenvalue weighted by Gasteiger charge is 2.38. The predicted octanol–water partition coefficient (Wildman–Crippen LogP) is 3.68. The van der Waals surface area contributed by atoms with Crippen LogP contribution in [0.3, 0.4) is 0 Å². The highest BCUT2D eigenvalue weighted by Crippen LogP contribution is 2.36. The standard InChI is InChI=1S/C17H27NO/c1-4-17(3,18-11-6-5-7-12-18)16(19)15-10-8-9-14(2)13-15/h8-10,13,16,19H,4-7,11-12H2,1-3H3. The molecule has 0 amide bonds. The Morgan fingerprint density at radius 2 is 1.95 bits per heavy atom. The van der Waals surface area contributed by atoms with E-state index in [-0.39, 0.29) is 5.54 Å². The van der Waals surface area contributed by atoms with Gasteiger partial charge in [0.05, 0.1) is 6.10 Å². The van der Waals surface area contributed by atoms with E-state index in [0.717, 1.165) is 25.1 Å². The van der Waals surface area contributed by atoms with Crippen LogP contribution in [0.25, 0.3) is 0 Å². The van der Waals surface area contributed by atoms with Crippen molar-refractivity contribution in [1.82, 2.24) is 4.90 Å². The van der Waals surface area contributed by atoms with Crippen molar-refractivity contribution in [2.24, 2.45) is 0 Å². The molecule has 2 heteroatoms. The Balaban J connectivity index is 2.24. The van der Waals surface area contributed by atoms with Crippen LogP contribution in [-0.2, 0) is 0 Å². The van der Waals surface area contributed by atoms with E-state index in [9.17, 15) is 5.11 Å². The average Bonchev–Trinajstić information content (AvgIpc) is 2.46. The van der Waals surface area contributed by atoms with Crippen molar-refractivity contribution in [3.05, 3.63) is 35.4 Å². The van der Waals surface area contributed by atoms with Crippen LogP contribution in [0.1, 0.15) is 56.8 Å². The molecule has 1 fully saturated rings. The fourth-order valence-corrected chi connectivity index (χ4v) is 3.19. The predicted molar refractivity (Wildman–Crippen MR) is 80.3 cm³/mol. The minimum atomic E-state index is -0.407. The first-order valence-electron chi connectivity index (χ1n) is 7.57. The van der Waals surface area contributed by atoms with Crippen molar-refractivity contribution >= 4 is 0 Å². The summed E-state index contributed by atoms with van der Waals surface area (Å²) in [5.41, 5.74) is 2.12. The van der Waals surface area contributed by atoms with Crippen molar-refractivity contribution in [3.8, 4) is 0 Å². The SMILES string of the molecule is CCC(C)(C(O)c1cccc(C)c1)N1CCCCC1. The second kappa shape index (κ2) is 6.06. The summed E-state index contributed by atoms with van der Waals surface area (Å²) in [6.45, 7) is 8.72. The first kappa shape index (κ1) is 14.5. The van der Waals surface area contributed by atoms with E-state index in [1.54, 1.807) is 0 Å². The quantitative estimate of drug-likeness (QED) is 0.893. The number of aliphatic hydroxyl groups excluding tert-OH is 1. The minimum Gasteiger partial charge on any atom is -0.386 e. The highest BCUT2D eigenvalue weighted by molar-refractivity contribution is 5.26. The maximum absolute atomic E-state index is 10.9. The zero-order valence-electron chi connectivity index (χ0n) is 12.5. The van der Waals surface area contributed by atoms with Gasteiger partial charge in [0.2, 0.25) is 0 Å². The summed E-state index contributed by atoms with van der Waals surface area (Å²) in [6, 6.07) is 8.29. The summed E-state index contributed by atoms with van der Waals surface area (Å²) in [7, 11) is 0. The Kier molecular flexibility index (Phi) is 4.64. The Bertz CT molecular complexity index is 411. The molecule has 2 unspecified atom stereocenters. The molecule has 2 atom stereocenters. The van der Waals surface area contributed by atoms with Crippen molar-refractivity contribution in [2.75, 3.05) is 13.1 Å². The minimum absolute atomic E-state index is 0.145. The lowest BCUT2D eigenvalue weighted by atomic mass is 9.83. The van der Waals surface area contributed by atoms with Crippen LogP contribution in [0, 0.1) is 6.92 Å². The van der Waals surface area contributed by atoms with E-state index in [1.807, 2.05) is 6.07 Å². The van der Waals surface area contributed by atoms with Gasteiger partial charge in [-0.2, -0.15) is 0 Å². The van der Waals surface area contributed by atoms with Gasteiger partial charge in [-0.1, -0.05) is 43.2 Å². The monoisotopic (exact) mass is 261 g/mol. The molecule has 2 rings (SSSR count). The number of rotatable bonds is 4. The molecule has 106 valence electrons. The van der Waals surface area contributed by atoms with E-state index in [2.05, 4.69) is 43.9 Å². The van der Waals surface area contributed by atoms with Gasteiger partial charge >= 0.3 is 0 Å². The number of nitrogens with zero attached hydrogens (tertiary/aromatic N) is 1. The molecule has 1 N–H and O–H groups in total. The van der Waals surface area contributed by atoms with Crippen molar-refractivity contribution < 1.29 is 5.11 Å². The van der Waals surface area contributed by atoms with Crippen LogP contribution in [0.4, 0.5) is 0 Å². The van der Waals surface area contributed by atoms with Crippen molar-refractivity contribution in [3.63, 3.8) is 0 Å². The van der Waals surface area contributed by atoms with Gasteiger partial charge in [0, 0.05) is 5.54 Å². The largest absolute Gasteiger partial charge is 0.386 e. The fourth-order valence-electron chi connectivity index (χ4n) is 3.19. The Hall–Kier alpha value is -0.860. The molecule has 0 spiro atoms. The number of benzene rings is 1. The number of hydrogen-bond acceptors (Lipinski definition) is 2. The molecule has 0 aliphatic carbocycles. The first-order valence-corrected chi connectivity index (χ1v) is 7.57. The molecular weight excluding hydrogens is 234 g/mol. The van der Waals surface area contributed by atoms with E-state index in [4.69, 9.17) is 0 Å². The van der Waals surface area contributed by atoms with E-state index < -0.39 is 6.10 Å². The highest BCUT2D eigenvalue weighted by atomic mass is 16.3. The van der Waals surface area contributed by atoms with E-state index in [0.29, 0.717) is 0 Å². The summed E-state index contributed by atoms with van der Waals surface area (Å²) in [6.07, 6.45) is 4.42. The molecule has 1 saturated heterocycles. The summed E-state index contributed by atoms with van der Waals surface area (Å²) < 4.78 is 0. The zero-order valence-corrected chi connectivity index (χ0v) is 12.5. The van der Waals surface area contributed by atoms with Gasteiger partial charge in [-0.05, 0) is 51.8 Å². The third kappa shape index (κ3) is 3.01. The third-order valence-corrected chi connectivity index (χ3v) is 4.74. The first-order chi connectivity index (χ1) is 9.08. The van der Waals surface area contributed by atoms with Crippen LogP contribution >= 0.6 is 0 Å². The molecule has 1 aliphatic heterocycles. The molecule has 1 aromatic rings. The smallest absolute Gasteiger partial charge is 0.0970 e. The van der Waals surface area contributed by atoms with Crippen molar-refractivity contribution in [2.45, 2.75) is 58.1 Å². The molecule has 0 saturated carbocycles. The van der Waals surface area contributed by atoms with Crippen molar-refractivity contribution in [1.29, 1.82) is 0 Å². The number of aryl methyl sites for hydroxylation is 1. The molecule has 1 aromatic carbocycles. The maximum Gasteiger partial charge on any atom is 0.0970 e. The molecule has 0 radical (unpaired) electrons. The van der Waals surface area contributed by atoms with Crippen LogP contribution in [0.2, 0.25) is 0 Å². The number of aliphatic hydroxyl groups is 1. The second-order valence-corrected chi connectivity index (χ2v) is 6.08. The van der Waals surface area contributed by atoms with Gasteiger partial charge in [0.1, 0.15) is 0 Å². The molecule has 0 bridgehead atoms. The number of likely N-dealkylation sites (tertiary alicyclic amines) is 1.